The Balaban J connectivity index is 0. The molecule has 0 aromatic heterocycles. The number of nitrogens with one attached hydrogen (secondary N) is 1. The molecule has 2 aromatic carbocycles. The number of para-hydroxylation sites is 2. The lowest BCUT2D eigenvalue weighted by molar-refractivity contribution is 0.607. The second-order valence-corrected chi connectivity index (χ2v) is 3.56. The highest BCUT2D eigenvalue weighted by molar-refractivity contribution is 7.00. The Kier molecular flexibility index (Phi) is 17.9. The fourth-order valence-corrected chi connectivity index (χ4v) is 1.21. The van der Waals surface area contributed by atoms with Crippen molar-refractivity contribution in [2.24, 2.45) is 0 Å². The molecule has 0 radical (unpaired) electrons. The molecule has 2 rings (SSSR count). The van der Waals surface area contributed by atoms with Crippen LogP contribution in [-0.2, 0) is 4.57 Å². The van der Waals surface area contributed by atoms with Gasteiger partial charge in [0.25, 0.3) is 0 Å². The van der Waals surface area contributed by atoms with Gasteiger partial charge in [-0.25, -0.2) is 0 Å². The van der Waals surface area contributed by atoms with Crippen LogP contribution in [0.5, 0.6) is 0 Å². The number of benzene rings is 2. The maximum atomic E-state index is 8.06. The van der Waals surface area contributed by atoms with Gasteiger partial charge in [-0.1, -0.05) is 70.5 Å². The molecule has 0 aliphatic carbocycles. The van der Waals surface area contributed by atoms with Crippen LogP contribution in [-0.4, -0.2) is 0 Å². The molecule has 1 N–H and O–H groups in total. The Morgan fingerprint density at radius 1 is 0.750 bits per heavy atom. The standard InChI is InChI=1S/C12H11N.C3H8.C2H6.HOP/c1-3-7-11(8-4-1)13-12-9-5-2-6-10-12;1-3-2;2*1-2/h1-10,13H;3H2,1-2H3;1-2H3;2H. The van der Waals surface area contributed by atoms with E-state index in [4.69, 9.17) is 4.57 Å². The Morgan fingerprint density at radius 2 is 1.00 bits per heavy atom. The van der Waals surface area contributed by atoms with Crippen LogP contribution < -0.4 is 5.32 Å². The number of anilines is 2. The van der Waals surface area contributed by atoms with Gasteiger partial charge in [-0.05, 0) is 24.3 Å². The van der Waals surface area contributed by atoms with E-state index in [1.807, 2.05) is 74.5 Å². The van der Waals surface area contributed by atoms with Crippen molar-refractivity contribution in [1.29, 1.82) is 0 Å². The van der Waals surface area contributed by atoms with E-state index in [-0.39, 0.29) is 0 Å². The van der Waals surface area contributed by atoms with Crippen molar-refractivity contribution in [1.82, 2.24) is 0 Å². The zero-order chi connectivity index (χ0) is 15.6. The van der Waals surface area contributed by atoms with Crippen LogP contribution in [0, 0.1) is 0 Å². The van der Waals surface area contributed by atoms with E-state index in [1.54, 1.807) is 9.12 Å². The van der Waals surface area contributed by atoms with Gasteiger partial charge in [0, 0.05) is 11.4 Å². The summed E-state index contributed by atoms with van der Waals surface area (Å²) < 4.78 is 8.06. The molecule has 0 saturated carbocycles. The first-order chi connectivity index (χ1) is 9.86. The average molecular weight is 291 g/mol. The van der Waals surface area contributed by atoms with Crippen molar-refractivity contribution < 1.29 is 4.57 Å². The molecule has 110 valence electrons. The van der Waals surface area contributed by atoms with Crippen LogP contribution in [0.1, 0.15) is 34.1 Å². The predicted molar refractivity (Wildman–Crippen MR) is 92.5 cm³/mol. The molecule has 2 aromatic rings. The molecular weight excluding hydrogens is 265 g/mol. The summed E-state index contributed by atoms with van der Waals surface area (Å²) in [4.78, 5) is 0. The summed E-state index contributed by atoms with van der Waals surface area (Å²) in [6.07, 6.45) is 1.25. The summed E-state index contributed by atoms with van der Waals surface area (Å²) in [5, 5.41) is 3.30. The van der Waals surface area contributed by atoms with E-state index in [1.165, 1.54) is 6.42 Å². The molecule has 2 nitrogen and oxygen atoms in total. The summed E-state index contributed by atoms with van der Waals surface area (Å²) in [5.74, 6) is 0. The third-order valence-corrected chi connectivity index (χ3v) is 1.84. The fourth-order valence-electron chi connectivity index (χ4n) is 1.21. The van der Waals surface area contributed by atoms with Crippen LogP contribution in [0.15, 0.2) is 60.7 Å². The lowest BCUT2D eigenvalue weighted by atomic mass is 10.3. The van der Waals surface area contributed by atoms with Crippen LogP contribution in [0.2, 0.25) is 0 Å². The molecule has 0 saturated heterocycles. The quantitative estimate of drug-likeness (QED) is 0.653. The van der Waals surface area contributed by atoms with Crippen LogP contribution in [0.3, 0.4) is 0 Å². The largest absolute Gasteiger partial charge is 0.356 e. The highest BCUT2D eigenvalue weighted by Crippen LogP contribution is 2.14. The Hall–Kier alpha value is -1.66. The van der Waals surface area contributed by atoms with Crippen molar-refractivity contribution in [2.75, 3.05) is 5.32 Å². The molecule has 20 heavy (non-hydrogen) atoms. The number of hydrogen-bond donors (Lipinski definition) is 1. The second-order valence-electron chi connectivity index (χ2n) is 3.56. The maximum Gasteiger partial charge on any atom is 0.138 e. The topological polar surface area (TPSA) is 29.1 Å². The van der Waals surface area contributed by atoms with Gasteiger partial charge < -0.3 is 5.32 Å². The minimum Gasteiger partial charge on any atom is -0.356 e. The molecular formula is C17H26NOP. The Bertz CT molecular complexity index is 355. The lowest BCUT2D eigenvalue weighted by Gasteiger charge is -2.04. The first-order valence-electron chi connectivity index (χ1n) is 6.94. The minimum absolute atomic E-state index is 1.12. The zero-order valence-electron chi connectivity index (χ0n) is 12.9. The van der Waals surface area contributed by atoms with Crippen molar-refractivity contribution in [2.45, 2.75) is 34.1 Å². The van der Waals surface area contributed by atoms with Crippen molar-refractivity contribution in [3.8, 4) is 0 Å². The highest BCUT2D eigenvalue weighted by Gasteiger charge is 1.89. The Labute approximate surface area is 125 Å². The first kappa shape index (κ1) is 20.7. The molecule has 0 aliphatic heterocycles. The van der Waals surface area contributed by atoms with E-state index >= 15 is 0 Å². The van der Waals surface area contributed by atoms with Crippen molar-refractivity contribution in [3.05, 3.63) is 60.7 Å². The van der Waals surface area contributed by atoms with E-state index in [0.717, 1.165) is 11.4 Å². The van der Waals surface area contributed by atoms with E-state index in [2.05, 4.69) is 19.2 Å². The van der Waals surface area contributed by atoms with Gasteiger partial charge in [0.1, 0.15) is 9.12 Å². The maximum absolute atomic E-state index is 8.06. The summed E-state index contributed by atoms with van der Waals surface area (Å²) in [7, 11) is 1.72. The summed E-state index contributed by atoms with van der Waals surface area (Å²) in [6.45, 7) is 8.25. The fraction of sp³-hybridized carbons (Fsp3) is 0.294. The number of rotatable bonds is 2. The monoisotopic (exact) mass is 291 g/mol. The van der Waals surface area contributed by atoms with Crippen molar-refractivity contribution in [3.63, 3.8) is 0 Å². The molecule has 0 fully saturated rings. The molecule has 3 heteroatoms. The van der Waals surface area contributed by atoms with Gasteiger partial charge in [-0.3, -0.25) is 4.57 Å². The smallest absolute Gasteiger partial charge is 0.138 e. The summed E-state index contributed by atoms with van der Waals surface area (Å²) in [6, 6.07) is 20.3. The molecule has 0 heterocycles. The first-order valence-corrected chi connectivity index (χ1v) is 7.35. The zero-order valence-corrected chi connectivity index (χ0v) is 13.9. The normalized spacial score (nSPS) is 7.60. The highest BCUT2D eigenvalue weighted by atomic mass is 31.0. The predicted octanol–water partition coefficient (Wildman–Crippen LogP) is 6.35. The third-order valence-electron chi connectivity index (χ3n) is 1.84. The van der Waals surface area contributed by atoms with Crippen LogP contribution >= 0.6 is 9.12 Å². The van der Waals surface area contributed by atoms with Crippen molar-refractivity contribution >= 4 is 20.5 Å². The number of hydrogen-bond acceptors (Lipinski definition) is 2. The minimum atomic E-state index is 1.12. The second kappa shape index (κ2) is 17.3. The molecule has 0 amide bonds. The molecule has 0 atom stereocenters. The summed E-state index contributed by atoms with van der Waals surface area (Å²) in [5.41, 5.74) is 2.24. The van der Waals surface area contributed by atoms with Crippen LogP contribution in [0.25, 0.3) is 0 Å². The lowest BCUT2D eigenvalue weighted by Crippen LogP contribution is -1.87. The van der Waals surface area contributed by atoms with Crippen LogP contribution in [0.4, 0.5) is 11.4 Å². The van der Waals surface area contributed by atoms with E-state index < -0.39 is 0 Å². The molecule has 0 spiro atoms. The van der Waals surface area contributed by atoms with Gasteiger partial charge in [-0.2, -0.15) is 0 Å². The average Bonchev–Trinajstić information content (AvgIpc) is 2.54. The van der Waals surface area contributed by atoms with Gasteiger partial charge in [0.05, 0.1) is 0 Å². The van der Waals surface area contributed by atoms with Gasteiger partial charge in [0.2, 0.25) is 0 Å². The third kappa shape index (κ3) is 11.4. The Morgan fingerprint density at radius 3 is 1.25 bits per heavy atom. The molecule has 0 bridgehead atoms. The van der Waals surface area contributed by atoms with Gasteiger partial charge in [-0.15, -0.1) is 0 Å². The molecule has 0 aliphatic rings. The van der Waals surface area contributed by atoms with Gasteiger partial charge >= 0.3 is 0 Å². The summed E-state index contributed by atoms with van der Waals surface area (Å²) >= 11 is 0. The van der Waals surface area contributed by atoms with Gasteiger partial charge in [0.15, 0.2) is 0 Å². The molecule has 0 unspecified atom stereocenters. The van der Waals surface area contributed by atoms with E-state index in [0.29, 0.717) is 0 Å². The van der Waals surface area contributed by atoms with E-state index in [9.17, 15) is 0 Å². The SMILES string of the molecule is CC.CCC.O=P.c1ccc(Nc2ccccc2)cc1.